The summed E-state index contributed by atoms with van der Waals surface area (Å²) in [5.41, 5.74) is 1.70. The van der Waals surface area contributed by atoms with Gasteiger partial charge >= 0.3 is 6.09 Å². The average molecular weight is 456 g/mol. The van der Waals surface area contributed by atoms with E-state index in [1.807, 2.05) is 30.3 Å². The van der Waals surface area contributed by atoms with Gasteiger partial charge < -0.3 is 15.0 Å². The van der Waals surface area contributed by atoms with Crippen molar-refractivity contribution in [3.05, 3.63) is 68.9 Å². The van der Waals surface area contributed by atoms with E-state index in [1.54, 1.807) is 11.0 Å². The van der Waals surface area contributed by atoms with Crippen molar-refractivity contribution in [1.29, 1.82) is 0 Å². The van der Waals surface area contributed by atoms with Crippen molar-refractivity contribution in [2.75, 3.05) is 13.1 Å². The zero-order valence-electron chi connectivity index (χ0n) is 14.8. The van der Waals surface area contributed by atoms with Crippen LogP contribution in [0.1, 0.15) is 24.0 Å². The Labute approximate surface area is 171 Å². The maximum atomic E-state index is 13.7. The second-order valence-corrected chi connectivity index (χ2v) is 7.80. The fourth-order valence-corrected chi connectivity index (χ4v) is 3.74. The molecule has 0 atom stereocenters. The molecule has 2 aromatic carbocycles. The molecule has 3 rings (SSSR count). The lowest BCUT2D eigenvalue weighted by atomic mass is 10.0. The Morgan fingerprint density at radius 3 is 2.67 bits per heavy atom. The molecule has 7 heteroatoms. The maximum Gasteiger partial charge on any atom is 0.410 e. The highest BCUT2D eigenvalue weighted by atomic mass is 79.9. The van der Waals surface area contributed by atoms with Crippen LogP contribution in [0.4, 0.5) is 9.18 Å². The van der Waals surface area contributed by atoms with Crippen LogP contribution in [0.2, 0.25) is 5.02 Å². The number of hydrogen-bond donors (Lipinski definition) is 1. The van der Waals surface area contributed by atoms with Gasteiger partial charge in [-0.25, -0.2) is 9.18 Å². The number of ether oxygens (including phenoxy) is 1. The lowest BCUT2D eigenvalue weighted by molar-refractivity contribution is 0.0852. The predicted molar refractivity (Wildman–Crippen MR) is 107 cm³/mol. The third kappa shape index (κ3) is 5.67. The maximum absolute atomic E-state index is 13.7. The number of benzene rings is 2. The molecule has 1 amide bonds. The second kappa shape index (κ2) is 9.53. The van der Waals surface area contributed by atoms with Crippen LogP contribution < -0.4 is 5.32 Å². The summed E-state index contributed by atoms with van der Waals surface area (Å²) in [4.78, 5) is 13.9. The van der Waals surface area contributed by atoms with Gasteiger partial charge in [0, 0.05) is 30.7 Å². The Hall–Kier alpha value is -1.63. The second-order valence-electron chi connectivity index (χ2n) is 6.54. The number of piperidine rings is 1. The molecule has 1 aliphatic rings. The van der Waals surface area contributed by atoms with E-state index in [1.165, 1.54) is 6.07 Å². The molecule has 144 valence electrons. The van der Waals surface area contributed by atoms with E-state index >= 15 is 0 Å². The lowest BCUT2D eigenvalue weighted by Gasteiger charge is -2.32. The Morgan fingerprint density at radius 2 is 1.96 bits per heavy atom. The zero-order valence-corrected chi connectivity index (χ0v) is 17.1. The first-order valence-corrected chi connectivity index (χ1v) is 10.0. The molecule has 0 aliphatic carbocycles. The summed E-state index contributed by atoms with van der Waals surface area (Å²) in [6.07, 6.45) is 1.35. The van der Waals surface area contributed by atoms with E-state index < -0.39 is 0 Å². The van der Waals surface area contributed by atoms with Crippen LogP contribution in [0.15, 0.2) is 46.9 Å². The minimum absolute atomic E-state index is 0.256. The Kier molecular flexibility index (Phi) is 7.10. The number of halogens is 3. The summed E-state index contributed by atoms with van der Waals surface area (Å²) in [7, 11) is 0. The van der Waals surface area contributed by atoms with Gasteiger partial charge in [0.05, 0.1) is 4.47 Å². The normalized spacial score (nSPS) is 15.0. The van der Waals surface area contributed by atoms with E-state index in [2.05, 4.69) is 21.2 Å². The van der Waals surface area contributed by atoms with Gasteiger partial charge in [0.25, 0.3) is 0 Å². The highest BCUT2D eigenvalue weighted by molar-refractivity contribution is 9.10. The van der Waals surface area contributed by atoms with Crippen LogP contribution in [-0.4, -0.2) is 30.1 Å². The van der Waals surface area contributed by atoms with Gasteiger partial charge in [0.1, 0.15) is 12.4 Å². The Bertz CT molecular complexity index is 783. The summed E-state index contributed by atoms with van der Waals surface area (Å²) in [6.45, 7) is 2.04. The number of hydrogen-bond acceptors (Lipinski definition) is 3. The van der Waals surface area contributed by atoms with Crippen molar-refractivity contribution < 1.29 is 13.9 Å². The van der Waals surface area contributed by atoms with Crippen LogP contribution >= 0.6 is 27.5 Å². The first-order chi connectivity index (χ1) is 13.0. The van der Waals surface area contributed by atoms with E-state index in [9.17, 15) is 9.18 Å². The molecule has 1 aliphatic heterocycles. The van der Waals surface area contributed by atoms with Crippen molar-refractivity contribution in [1.82, 2.24) is 10.2 Å². The number of rotatable bonds is 5. The summed E-state index contributed by atoms with van der Waals surface area (Å²) in [6, 6.07) is 12.9. The topological polar surface area (TPSA) is 41.6 Å². The van der Waals surface area contributed by atoms with Gasteiger partial charge in [-0.05, 0) is 52.0 Å². The number of carbonyl (C=O) groups is 1. The van der Waals surface area contributed by atoms with Crippen LogP contribution in [0, 0.1) is 5.82 Å². The van der Waals surface area contributed by atoms with Crippen molar-refractivity contribution in [3.8, 4) is 0 Å². The lowest BCUT2D eigenvalue weighted by Crippen LogP contribution is -2.44. The number of carbonyl (C=O) groups excluding carboxylic acids is 1. The third-order valence-corrected chi connectivity index (χ3v) is 5.59. The zero-order chi connectivity index (χ0) is 19.2. The van der Waals surface area contributed by atoms with Gasteiger partial charge in [-0.15, -0.1) is 0 Å². The largest absolute Gasteiger partial charge is 0.445 e. The van der Waals surface area contributed by atoms with Crippen LogP contribution in [-0.2, 0) is 17.9 Å². The van der Waals surface area contributed by atoms with E-state index in [-0.39, 0.29) is 24.6 Å². The van der Waals surface area contributed by atoms with Gasteiger partial charge in [-0.2, -0.15) is 0 Å². The minimum Gasteiger partial charge on any atom is -0.445 e. The molecule has 4 nitrogen and oxygen atoms in total. The van der Waals surface area contributed by atoms with Gasteiger partial charge in [0.2, 0.25) is 0 Å². The van der Waals surface area contributed by atoms with Crippen LogP contribution in [0.3, 0.4) is 0 Å². The predicted octanol–water partition coefficient (Wildman–Crippen LogP) is 5.13. The summed E-state index contributed by atoms with van der Waals surface area (Å²) in [5, 5.41) is 3.92. The van der Waals surface area contributed by atoms with Gasteiger partial charge in [-0.3, -0.25) is 0 Å². The summed E-state index contributed by atoms with van der Waals surface area (Å²) < 4.78 is 19.4. The molecule has 0 saturated carbocycles. The van der Waals surface area contributed by atoms with Crippen molar-refractivity contribution in [2.24, 2.45) is 0 Å². The molecule has 0 unspecified atom stereocenters. The average Bonchev–Trinajstić information content (AvgIpc) is 2.69. The summed E-state index contributed by atoms with van der Waals surface area (Å²) in [5.74, 6) is -0.327. The molecular formula is C20H21BrClFN2O2. The molecule has 0 radical (unpaired) electrons. The SMILES string of the molecule is O=C(OCc1ccccc1)N1CCC(NCc2cc(F)c(Br)cc2Cl)CC1. The Morgan fingerprint density at radius 1 is 1.26 bits per heavy atom. The molecule has 0 aromatic heterocycles. The molecule has 0 spiro atoms. The number of likely N-dealkylation sites (tertiary alicyclic amines) is 1. The van der Waals surface area contributed by atoms with Crippen molar-refractivity contribution in [2.45, 2.75) is 32.0 Å². The molecule has 1 fully saturated rings. The highest BCUT2D eigenvalue weighted by Gasteiger charge is 2.23. The standard InChI is InChI=1S/C20H21BrClFN2O2/c21-17-11-18(22)15(10-19(17)23)12-24-16-6-8-25(9-7-16)20(26)27-13-14-4-2-1-3-5-14/h1-5,10-11,16,24H,6-9,12-13H2. The van der Waals surface area contributed by atoms with E-state index in [4.69, 9.17) is 16.3 Å². The minimum atomic E-state index is -0.327. The van der Waals surface area contributed by atoms with Gasteiger partial charge in [0.15, 0.2) is 0 Å². The van der Waals surface area contributed by atoms with Crippen molar-refractivity contribution >= 4 is 33.6 Å². The smallest absolute Gasteiger partial charge is 0.410 e. The monoisotopic (exact) mass is 454 g/mol. The highest BCUT2D eigenvalue weighted by Crippen LogP contribution is 2.25. The fourth-order valence-electron chi connectivity index (χ4n) is 3.03. The molecule has 1 N–H and O–H groups in total. The third-order valence-electron chi connectivity index (χ3n) is 4.63. The molecule has 1 heterocycles. The van der Waals surface area contributed by atoms with Crippen LogP contribution in [0.25, 0.3) is 0 Å². The number of amides is 1. The molecule has 2 aromatic rings. The number of nitrogens with zero attached hydrogens (tertiary/aromatic N) is 1. The van der Waals surface area contributed by atoms with Crippen LogP contribution in [0.5, 0.6) is 0 Å². The molecular weight excluding hydrogens is 435 g/mol. The molecule has 27 heavy (non-hydrogen) atoms. The molecule has 0 bridgehead atoms. The quantitative estimate of drug-likeness (QED) is 0.635. The van der Waals surface area contributed by atoms with Crippen molar-refractivity contribution in [3.63, 3.8) is 0 Å². The number of nitrogens with one attached hydrogen (secondary N) is 1. The Balaban J connectivity index is 1.42. The molecule has 1 saturated heterocycles. The first-order valence-electron chi connectivity index (χ1n) is 8.85. The van der Waals surface area contributed by atoms with E-state index in [0.29, 0.717) is 29.1 Å². The fraction of sp³-hybridized carbons (Fsp3) is 0.350. The van der Waals surface area contributed by atoms with Gasteiger partial charge in [-0.1, -0.05) is 41.9 Å². The van der Waals surface area contributed by atoms with E-state index in [0.717, 1.165) is 24.0 Å². The first kappa shape index (κ1) is 20.1. The summed E-state index contributed by atoms with van der Waals surface area (Å²) >= 11 is 9.29.